The summed E-state index contributed by atoms with van der Waals surface area (Å²) in [4.78, 5) is 7.28. The van der Waals surface area contributed by atoms with Gasteiger partial charge in [-0.2, -0.15) is 11.8 Å². The lowest BCUT2D eigenvalue weighted by atomic mass is 10.4. The third kappa shape index (κ3) is 4.61. The van der Waals surface area contributed by atoms with Crippen LogP contribution in [0.25, 0.3) is 0 Å². The lowest BCUT2D eigenvalue weighted by Crippen LogP contribution is -2.21. The molecule has 0 atom stereocenters. The maximum atomic E-state index is 7.37. The van der Waals surface area contributed by atoms with Gasteiger partial charge in [0.1, 0.15) is 0 Å². The predicted molar refractivity (Wildman–Crippen MR) is 68.7 cm³/mol. The van der Waals surface area contributed by atoms with Crippen LogP contribution in [0.1, 0.15) is 11.4 Å². The van der Waals surface area contributed by atoms with Gasteiger partial charge in [-0.15, -0.1) is 0 Å². The highest BCUT2D eigenvalue weighted by atomic mass is 32.2. The Kier molecular flexibility index (Phi) is 5.63. The summed E-state index contributed by atoms with van der Waals surface area (Å²) in [6, 6.07) is 0. The number of imidazole rings is 1. The van der Waals surface area contributed by atoms with Crippen LogP contribution in [0.4, 0.5) is 0 Å². The summed E-state index contributed by atoms with van der Waals surface area (Å²) < 4.78 is 0. The first-order chi connectivity index (χ1) is 7.24. The van der Waals surface area contributed by atoms with Gasteiger partial charge >= 0.3 is 0 Å². The first-order valence-electron chi connectivity index (χ1n) is 4.67. The summed E-state index contributed by atoms with van der Waals surface area (Å²) in [5.41, 5.74) is 2.27. The molecule has 0 saturated carbocycles. The second-order valence-corrected chi connectivity index (χ2v) is 4.91. The number of amidine groups is 1. The van der Waals surface area contributed by atoms with E-state index in [2.05, 4.69) is 15.3 Å². The fourth-order valence-corrected chi connectivity index (χ4v) is 2.13. The van der Waals surface area contributed by atoms with Crippen LogP contribution in [0.5, 0.6) is 0 Å². The van der Waals surface area contributed by atoms with Crippen LogP contribution in [0.3, 0.4) is 0 Å². The van der Waals surface area contributed by atoms with Gasteiger partial charge in [-0.1, -0.05) is 11.8 Å². The Hall–Kier alpha value is -0.620. The molecular formula is C9H16N4S2. The molecule has 3 N–H and O–H groups in total. The van der Waals surface area contributed by atoms with E-state index in [-0.39, 0.29) is 0 Å². The van der Waals surface area contributed by atoms with Crippen LogP contribution in [-0.2, 0) is 5.75 Å². The number of rotatable bonds is 5. The van der Waals surface area contributed by atoms with Crippen molar-refractivity contribution in [2.45, 2.75) is 12.7 Å². The molecule has 0 radical (unpaired) electrons. The van der Waals surface area contributed by atoms with E-state index in [1.165, 1.54) is 11.8 Å². The monoisotopic (exact) mass is 244 g/mol. The van der Waals surface area contributed by atoms with Gasteiger partial charge in [0, 0.05) is 23.7 Å². The molecule has 15 heavy (non-hydrogen) atoms. The second-order valence-electron chi connectivity index (χ2n) is 2.99. The lowest BCUT2D eigenvalue weighted by Gasteiger charge is -2.04. The summed E-state index contributed by atoms with van der Waals surface area (Å²) in [5, 5.41) is 10.9. The Balaban J connectivity index is 2.07. The average molecular weight is 244 g/mol. The zero-order valence-corrected chi connectivity index (χ0v) is 10.6. The summed E-state index contributed by atoms with van der Waals surface area (Å²) in [7, 11) is 0. The minimum atomic E-state index is 0.534. The molecule has 0 spiro atoms. The van der Waals surface area contributed by atoms with Gasteiger partial charge in [0.05, 0.1) is 12.0 Å². The van der Waals surface area contributed by atoms with E-state index in [0.29, 0.717) is 5.17 Å². The number of thioether (sulfide) groups is 2. The summed E-state index contributed by atoms with van der Waals surface area (Å²) in [5.74, 6) is 1.93. The lowest BCUT2D eigenvalue weighted by molar-refractivity contribution is 0.984. The molecule has 0 aliphatic heterocycles. The van der Waals surface area contributed by atoms with Gasteiger partial charge in [0.25, 0.3) is 0 Å². The number of H-pyrrole nitrogens is 1. The van der Waals surface area contributed by atoms with Crippen molar-refractivity contribution in [3.05, 3.63) is 17.7 Å². The first-order valence-corrected chi connectivity index (χ1v) is 7.05. The van der Waals surface area contributed by atoms with Crippen LogP contribution in [0.15, 0.2) is 6.33 Å². The van der Waals surface area contributed by atoms with Gasteiger partial charge in [-0.3, -0.25) is 5.41 Å². The fourth-order valence-electron chi connectivity index (χ4n) is 1.01. The van der Waals surface area contributed by atoms with Crippen LogP contribution in [0.2, 0.25) is 0 Å². The van der Waals surface area contributed by atoms with Crippen LogP contribution < -0.4 is 5.32 Å². The number of nitrogens with one attached hydrogen (secondary N) is 3. The van der Waals surface area contributed by atoms with Crippen molar-refractivity contribution in [3.8, 4) is 0 Å². The Labute approximate surface area is 98.5 Å². The number of aryl methyl sites for hydroxylation is 1. The van der Waals surface area contributed by atoms with Crippen molar-refractivity contribution < 1.29 is 0 Å². The minimum absolute atomic E-state index is 0.534. The Morgan fingerprint density at radius 1 is 1.67 bits per heavy atom. The number of hydrogen-bond acceptors (Lipinski definition) is 4. The van der Waals surface area contributed by atoms with Crippen molar-refractivity contribution in [1.29, 1.82) is 5.41 Å². The zero-order chi connectivity index (χ0) is 11.1. The van der Waals surface area contributed by atoms with Crippen molar-refractivity contribution in [2.24, 2.45) is 0 Å². The molecule has 1 aromatic heterocycles. The van der Waals surface area contributed by atoms with Crippen LogP contribution in [0, 0.1) is 12.3 Å². The molecule has 4 nitrogen and oxygen atoms in total. The first kappa shape index (κ1) is 12.4. The van der Waals surface area contributed by atoms with Crippen molar-refractivity contribution in [3.63, 3.8) is 0 Å². The van der Waals surface area contributed by atoms with Gasteiger partial charge in [0.15, 0.2) is 5.17 Å². The van der Waals surface area contributed by atoms with Gasteiger partial charge in [-0.25, -0.2) is 4.98 Å². The normalized spacial score (nSPS) is 10.3. The standard InChI is InChI=1S/C9H16N4S2/c1-7-8(13-6-12-7)5-15-4-3-11-9(10)14-2/h6H,3-5H2,1-2H3,(H2,10,11)(H,12,13). The highest BCUT2D eigenvalue weighted by Crippen LogP contribution is 2.11. The maximum absolute atomic E-state index is 7.37. The highest BCUT2D eigenvalue weighted by molar-refractivity contribution is 8.13. The topological polar surface area (TPSA) is 64.6 Å². The quantitative estimate of drug-likeness (QED) is 0.420. The molecule has 0 aromatic carbocycles. The van der Waals surface area contributed by atoms with E-state index in [9.17, 15) is 0 Å². The number of aromatic nitrogens is 2. The number of hydrogen-bond donors (Lipinski definition) is 3. The van der Waals surface area contributed by atoms with Gasteiger partial charge in [-0.05, 0) is 13.2 Å². The average Bonchev–Trinajstić information content (AvgIpc) is 2.63. The summed E-state index contributed by atoms with van der Waals surface area (Å²) in [6.07, 6.45) is 3.63. The molecular weight excluding hydrogens is 228 g/mol. The maximum Gasteiger partial charge on any atom is 0.153 e. The molecule has 0 bridgehead atoms. The van der Waals surface area contributed by atoms with Crippen molar-refractivity contribution >= 4 is 28.7 Å². The zero-order valence-electron chi connectivity index (χ0n) is 8.96. The molecule has 6 heteroatoms. The number of aromatic amines is 1. The molecule has 1 heterocycles. The molecule has 0 aliphatic rings. The van der Waals surface area contributed by atoms with E-state index in [0.717, 1.165) is 29.4 Å². The smallest absolute Gasteiger partial charge is 0.153 e. The number of nitrogens with zero attached hydrogens (tertiary/aromatic N) is 1. The molecule has 0 unspecified atom stereocenters. The molecule has 1 aromatic rings. The summed E-state index contributed by atoms with van der Waals surface area (Å²) >= 11 is 3.26. The van der Waals surface area contributed by atoms with Crippen molar-refractivity contribution in [2.75, 3.05) is 18.6 Å². The largest absolute Gasteiger partial charge is 0.364 e. The van der Waals surface area contributed by atoms with E-state index in [1.807, 2.05) is 24.9 Å². The molecule has 1 rings (SSSR count). The third-order valence-electron chi connectivity index (χ3n) is 1.91. The van der Waals surface area contributed by atoms with E-state index in [1.54, 1.807) is 6.33 Å². The Morgan fingerprint density at radius 2 is 2.47 bits per heavy atom. The molecule has 0 amide bonds. The van der Waals surface area contributed by atoms with Crippen LogP contribution >= 0.6 is 23.5 Å². The van der Waals surface area contributed by atoms with Gasteiger partial charge in [0.2, 0.25) is 0 Å². The molecule has 84 valence electrons. The molecule has 0 saturated heterocycles. The van der Waals surface area contributed by atoms with Crippen molar-refractivity contribution in [1.82, 2.24) is 15.3 Å². The summed E-state index contributed by atoms with van der Waals surface area (Å²) in [6.45, 7) is 2.87. The molecule has 0 fully saturated rings. The van der Waals surface area contributed by atoms with Crippen LogP contribution in [-0.4, -0.2) is 33.7 Å². The Morgan fingerprint density at radius 3 is 3.07 bits per heavy atom. The third-order valence-corrected chi connectivity index (χ3v) is 3.43. The van der Waals surface area contributed by atoms with E-state index in [4.69, 9.17) is 5.41 Å². The highest BCUT2D eigenvalue weighted by Gasteiger charge is 2.00. The predicted octanol–water partition coefficient (Wildman–Crippen LogP) is 1.84. The minimum Gasteiger partial charge on any atom is -0.364 e. The van der Waals surface area contributed by atoms with E-state index >= 15 is 0 Å². The molecule has 0 aliphatic carbocycles. The van der Waals surface area contributed by atoms with Gasteiger partial charge < -0.3 is 10.3 Å². The van der Waals surface area contributed by atoms with E-state index < -0.39 is 0 Å². The SMILES string of the molecule is CSC(=N)NCCSCc1nc[nH]c1C. The fraction of sp³-hybridized carbons (Fsp3) is 0.556. The second kappa shape index (κ2) is 6.79. The Bertz CT molecular complexity index is 311.